The molecule has 2 rings (SSSR count). The molecule has 3 N–H and O–H groups in total. The number of anilines is 1. The third-order valence-corrected chi connectivity index (χ3v) is 2.29. The minimum Gasteiger partial charge on any atom is -0.394 e. The van der Waals surface area contributed by atoms with E-state index >= 15 is 0 Å². The van der Waals surface area contributed by atoms with Crippen molar-refractivity contribution in [1.29, 1.82) is 0 Å². The van der Waals surface area contributed by atoms with Gasteiger partial charge in [-0.1, -0.05) is 30.3 Å². The van der Waals surface area contributed by atoms with Gasteiger partial charge in [0.05, 0.1) is 0 Å². The maximum absolute atomic E-state index is 11.5. The largest absolute Gasteiger partial charge is 0.394 e. The first kappa shape index (κ1) is 9.52. The number of rotatable bonds is 1. The van der Waals surface area contributed by atoms with Crippen LogP contribution in [0, 0.1) is 6.92 Å². The predicted molar refractivity (Wildman–Crippen MR) is 61.6 cm³/mol. The molecule has 3 heteroatoms. The first-order valence-electron chi connectivity index (χ1n) is 4.73. The first-order chi connectivity index (χ1) is 7.18. The number of nitrogen functional groups attached to an aromatic ring is 1. The summed E-state index contributed by atoms with van der Waals surface area (Å²) in [5.41, 5.74) is 8.35. The second kappa shape index (κ2) is 3.61. The van der Waals surface area contributed by atoms with Crippen LogP contribution in [0.1, 0.15) is 5.69 Å². The van der Waals surface area contributed by atoms with E-state index in [1.165, 1.54) is 0 Å². The normalized spacial score (nSPS) is 10.2. The number of benzene rings is 1. The molecule has 0 saturated carbocycles. The smallest absolute Gasteiger partial charge is 0.271 e. The number of nitrogens with two attached hydrogens (primary N) is 1. The summed E-state index contributed by atoms with van der Waals surface area (Å²) in [5, 5.41) is 0. The van der Waals surface area contributed by atoms with Crippen LogP contribution in [0.15, 0.2) is 41.2 Å². The van der Waals surface area contributed by atoms with Crippen LogP contribution >= 0.6 is 0 Å². The SMILES string of the molecule is Cc1cc(-c2ccccc2)c(N)c(=O)[nH]1. The molecular formula is C12H12N2O. The van der Waals surface area contributed by atoms with Gasteiger partial charge in [-0.15, -0.1) is 0 Å². The van der Waals surface area contributed by atoms with Gasteiger partial charge in [-0.3, -0.25) is 4.79 Å². The fraction of sp³-hybridized carbons (Fsp3) is 0.0833. The first-order valence-corrected chi connectivity index (χ1v) is 4.73. The van der Waals surface area contributed by atoms with E-state index in [0.29, 0.717) is 0 Å². The molecule has 0 aliphatic rings. The monoisotopic (exact) mass is 200 g/mol. The summed E-state index contributed by atoms with van der Waals surface area (Å²) in [7, 11) is 0. The molecule has 76 valence electrons. The highest BCUT2D eigenvalue weighted by molar-refractivity contribution is 5.75. The second-order valence-electron chi connectivity index (χ2n) is 3.47. The number of pyridine rings is 1. The Balaban J connectivity index is 2.68. The van der Waals surface area contributed by atoms with E-state index in [0.717, 1.165) is 16.8 Å². The summed E-state index contributed by atoms with van der Waals surface area (Å²) in [4.78, 5) is 14.1. The summed E-state index contributed by atoms with van der Waals surface area (Å²) < 4.78 is 0. The summed E-state index contributed by atoms with van der Waals surface area (Å²) in [6.07, 6.45) is 0. The highest BCUT2D eigenvalue weighted by Crippen LogP contribution is 2.22. The number of hydrogen-bond acceptors (Lipinski definition) is 2. The summed E-state index contributed by atoms with van der Waals surface area (Å²) in [5.74, 6) is 0. The van der Waals surface area contributed by atoms with Crippen LogP contribution in [0.4, 0.5) is 5.69 Å². The zero-order valence-electron chi connectivity index (χ0n) is 8.45. The van der Waals surface area contributed by atoms with Crippen molar-refractivity contribution >= 4 is 5.69 Å². The Morgan fingerprint density at radius 2 is 1.87 bits per heavy atom. The molecule has 0 aliphatic carbocycles. The van der Waals surface area contributed by atoms with Crippen LogP contribution in [-0.2, 0) is 0 Å². The van der Waals surface area contributed by atoms with Crippen molar-refractivity contribution in [3.05, 3.63) is 52.4 Å². The van der Waals surface area contributed by atoms with E-state index in [4.69, 9.17) is 5.73 Å². The van der Waals surface area contributed by atoms with Gasteiger partial charge in [0.25, 0.3) is 5.56 Å². The molecule has 0 spiro atoms. The van der Waals surface area contributed by atoms with E-state index in [2.05, 4.69) is 4.98 Å². The summed E-state index contributed by atoms with van der Waals surface area (Å²) in [6.45, 7) is 1.84. The molecule has 3 nitrogen and oxygen atoms in total. The van der Waals surface area contributed by atoms with Crippen LogP contribution < -0.4 is 11.3 Å². The van der Waals surface area contributed by atoms with Gasteiger partial charge in [0.1, 0.15) is 5.69 Å². The van der Waals surface area contributed by atoms with Crippen molar-refractivity contribution < 1.29 is 0 Å². The van der Waals surface area contributed by atoms with Gasteiger partial charge in [0, 0.05) is 11.3 Å². The Hall–Kier alpha value is -2.03. The average Bonchev–Trinajstić information content (AvgIpc) is 2.24. The molecule has 0 atom stereocenters. The van der Waals surface area contributed by atoms with E-state index in [1.807, 2.05) is 43.3 Å². The lowest BCUT2D eigenvalue weighted by Gasteiger charge is -2.05. The maximum atomic E-state index is 11.5. The minimum atomic E-state index is -0.228. The highest BCUT2D eigenvalue weighted by Gasteiger charge is 2.05. The standard InChI is InChI=1S/C12H12N2O/c1-8-7-10(11(13)12(15)14-8)9-5-3-2-4-6-9/h2-7H,13H2,1H3,(H,14,15). The quantitative estimate of drug-likeness (QED) is 0.739. The lowest BCUT2D eigenvalue weighted by Crippen LogP contribution is -2.13. The van der Waals surface area contributed by atoms with Gasteiger partial charge in [-0.05, 0) is 18.6 Å². The number of hydrogen-bond donors (Lipinski definition) is 2. The third-order valence-electron chi connectivity index (χ3n) is 2.29. The van der Waals surface area contributed by atoms with E-state index < -0.39 is 0 Å². The molecule has 0 bridgehead atoms. The fourth-order valence-electron chi connectivity index (χ4n) is 1.56. The van der Waals surface area contributed by atoms with Crippen molar-refractivity contribution in [2.45, 2.75) is 6.92 Å². The van der Waals surface area contributed by atoms with Crippen LogP contribution in [0.5, 0.6) is 0 Å². The zero-order chi connectivity index (χ0) is 10.8. The summed E-state index contributed by atoms with van der Waals surface area (Å²) in [6, 6.07) is 11.5. The van der Waals surface area contributed by atoms with E-state index in [-0.39, 0.29) is 11.2 Å². The molecule has 1 aromatic heterocycles. The molecular weight excluding hydrogens is 188 g/mol. The Labute approximate surface area is 87.6 Å². The lowest BCUT2D eigenvalue weighted by atomic mass is 10.0. The number of H-pyrrole nitrogens is 1. The Morgan fingerprint density at radius 1 is 1.20 bits per heavy atom. The number of aryl methyl sites for hydroxylation is 1. The average molecular weight is 200 g/mol. The Morgan fingerprint density at radius 3 is 2.53 bits per heavy atom. The van der Waals surface area contributed by atoms with Gasteiger partial charge in [-0.2, -0.15) is 0 Å². The predicted octanol–water partition coefficient (Wildman–Crippen LogP) is 1.93. The number of nitrogens with one attached hydrogen (secondary N) is 1. The molecule has 0 radical (unpaired) electrons. The molecule has 1 heterocycles. The summed E-state index contributed by atoms with van der Waals surface area (Å²) >= 11 is 0. The van der Waals surface area contributed by atoms with Crippen LogP contribution in [0.3, 0.4) is 0 Å². The van der Waals surface area contributed by atoms with Crippen molar-refractivity contribution in [3.8, 4) is 11.1 Å². The van der Waals surface area contributed by atoms with E-state index in [9.17, 15) is 4.79 Å². The van der Waals surface area contributed by atoms with Crippen LogP contribution in [0.2, 0.25) is 0 Å². The molecule has 15 heavy (non-hydrogen) atoms. The lowest BCUT2D eigenvalue weighted by molar-refractivity contribution is 1.15. The van der Waals surface area contributed by atoms with Crippen molar-refractivity contribution in [2.24, 2.45) is 0 Å². The highest BCUT2D eigenvalue weighted by atomic mass is 16.1. The second-order valence-corrected chi connectivity index (χ2v) is 3.47. The van der Waals surface area contributed by atoms with Gasteiger partial charge in [-0.25, -0.2) is 0 Å². The molecule has 0 fully saturated rings. The van der Waals surface area contributed by atoms with Crippen LogP contribution in [0.25, 0.3) is 11.1 Å². The molecule has 0 unspecified atom stereocenters. The molecule has 1 aromatic carbocycles. The van der Waals surface area contributed by atoms with Gasteiger partial charge in [0.15, 0.2) is 0 Å². The number of aromatic amines is 1. The zero-order valence-corrected chi connectivity index (χ0v) is 8.45. The third kappa shape index (κ3) is 1.76. The topological polar surface area (TPSA) is 58.9 Å². The Kier molecular flexibility index (Phi) is 2.29. The van der Waals surface area contributed by atoms with E-state index in [1.54, 1.807) is 0 Å². The van der Waals surface area contributed by atoms with Gasteiger partial charge >= 0.3 is 0 Å². The Bertz CT molecular complexity index is 529. The van der Waals surface area contributed by atoms with Crippen molar-refractivity contribution in [3.63, 3.8) is 0 Å². The fourth-order valence-corrected chi connectivity index (χ4v) is 1.56. The van der Waals surface area contributed by atoms with Gasteiger partial charge < -0.3 is 10.7 Å². The molecule has 2 aromatic rings. The van der Waals surface area contributed by atoms with Crippen LogP contribution in [-0.4, -0.2) is 4.98 Å². The molecule has 0 amide bonds. The van der Waals surface area contributed by atoms with Crippen molar-refractivity contribution in [2.75, 3.05) is 5.73 Å². The number of aromatic nitrogens is 1. The maximum Gasteiger partial charge on any atom is 0.271 e. The molecule has 0 saturated heterocycles. The van der Waals surface area contributed by atoms with Gasteiger partial charge in [0.2, 0.25) is 0 Å². The minimum absolute atomic E-state index is 0.228. The van der Waals surface area contributed by atoms with Crippen molar-refractivity contribution in [1.82, 2.24) is 4.98 Å². The molecule has 0 aliphatic heterocycles.